The number of primary amides is 1. The maximum Gasteiger partial charge on any atom is 0.254 e. The van der Waals surface area contributed by atoms with Crippen LogP contribution in [0.3, 0.4) is 0 Å². The van der Waals surface area contributed by atoms with Crippen molar-refractivity contribution in [3.8, 4) is 17.6 Å². The van der Waals surface area contributed by atoms with Gasteiger partial charge in [-0.2, -0.15) is 5.26 Å². The van der Waals surface area contributed by atoms with Crippen LogP contribution in [0.25, 0.3) is 0 Å². The lowest BCUT2D eigenvalue weighted by molar-refractivity contribution is -0.118. The van der Waals surface area contributed by atoms with Crippen LogP contribution < -0.4 is 10.5 Å². The van der Waals surface area contributed by atoms with E-state index < -0.39 is 11.7 Å². The molecule has 3 rings (SSSR count). The molecular weight excluding hydrogens is 397 g/mol. The van der Waals surface area contributed by atoms with Crippen molar-refractivity contribution in [2.75, 3.05) is 6.54 Å². The summed E-state index contributed by atoms with van der Waals surface area (Å²) in [7, 11) is 0. The lowest BCUT2D eigenvalue weighted by Gasteiger charge is -2.22. The molecule has 0 aliphatic carbocycles. The van der Waals surface area contributed by atoms with E-state index in [9.17, 15) is 14.0 Å². The van der Waals surface area contributed by atoms with Crippen molar-refractivity contribution in [3.63, 3.8) is 0 Å². The zero-order valence-corrected chi connectivity index (χ0v) is 16.6. The minimum absolute atomic E-state index is 0.0519. The van der Waals surface area contributed by atoms with Crippen LogP contribution in [0, 0.1) is 17.1 Å². The number of amides is 2. The molecule has 31 heavy (non-hydrogen) atoms. The molecule has 0 fully saturated rings. The highest BCUT2D eigenvalue weighted by Crippen LogP contribution is 2.27. The van der Waals surface area contributed by atoms with Crippen molar-refractivity contribution in [1.29, 1.82) is 5.26 Å². The van der Waals surface area contributed by atoms with Gasteiger partial charge < -0.3 is 15.4 Å². The molecule has 3 aromatic rings. The number of hydrogen-bond donors (Lipinski definition) is 1. The summed E-state index contributed by atoms with van der Waals surface area (Å²) in [5, 5.41) is 9.11. The molecule has 0 saturated heterocycles. The molecule has 0 heterocycles. The number of nitrogens with two attached hydrogens (primary N) is 1. The number of nitriles is 1. The Labute approximate surface area is 179 Å². The number of rotatable bonds is 8. The summed E-state index contributed by atoms with van der Waals surface area (Å²) >= 11 is 0. The second-order valence-electron chi connectivity index (χ2n) is 6.78. The van der Waals surface area contributed by atoms with Gasteiger partial charge in [0.05, 0.1) is 0 Å². The monoisotopic (exact) mass is 417 g/mol. The molecule has 0 spiro atoms. The van der Waals surface area contributed by atoms with E-state index in [1.54, 1.807) is 35.2 Å². The van der Waals surface area contributed by atoms with E-state index in [4.69, 9.17) is 15.7 Å². The first kappa shape index (κ1) is 21.5. The molecule has 0 atom stereocenters. The number of benzene rings is 3. The van der Waals surface area contributed by atoms with E-state index in [-0.39, 0.29) is 30.2 Å². The summed E-state index contributed by atoms with van der Waals surface area (Å²) in [6.07, 6.45) is 0.0519. The Hall–Kier alpha value is -4.18. The Balaban J connectivity index is 1.77. The molecule has 0 aliphatic rings. The summed E-state index contributed by atoms with van der Waals surface area (Å²) in [5.41, 5.74) is 6.39. The Kier molecular flexibility index (Phi) is 6.97. The van der Waals surface area contributed by atoms with Crippen molar-refractivity contribution >= 4 is 11.8 Å². The SMILES string of the molecule is N#Cc1c(F)cccc1Oc1ccc(C(=O)N(CCC(N)=O)Cc2ccccc2)cc1. The summed E-state index contributed by atoms with van der Waals surface area (Å²) < 4.78 is 19.3. The lowest BCUT2D eigenvalue weighted by atomic mass is 10.1. The van der Waals surface area contributed by atoms with Crippen molar-refractivity contribution < 1.29 is 18.7 Å². The third-order valence-electron chi connectivity index (χ3n) is 4.55. The summed E-state index contributed by atoms with van der Waals surface area (Å²) in [6.45, 7) is 0.524. The molecule has 0 aliphatic heterocycles. The number of halogens is 1. The van der Waals surface area contributed by atoms with Gasteiger partial charge in [-0.3, -0.25) is 9.59 Å². The van der Waals surface area contributed by atoms with Gasteiger partial charge in [0, 0.05) is 25.1 Å². The van der Waals surface area contributed by atoms with Crippen LogP contribution in [0.1, 0.15) is 27.9 Å². The van der Waals surface area contributed by atoms with Crippen LogP contribution in [0.2, 0.25) is 0 Å². The summed E-state index contributed by atoms with van der Waals surface area (Å²) in [4.78, 5) is 25.8. The number of carbonyl (C=O) groups excluding carboxylic acids is 2. The maximum absolute atomic E-state index is 13.7. The van der Waals surface area contributed by atoms with Gasteiger partial charge in [-0.25, -0.2) is 4.39 Å². The minimum Gasteiger partial charge on any atom is -0.456 e. The van der Waals surface area contributed by atoms with Crippen LogP contribution in [0.4, 0.5) is 4.39 Å². The lowest BCUT2D eigenvalue weighted by Crippen LogP contribution is -2.33. The second kappa shape index (κ2) is 10.0. The van der Waals surface area contributed by atoms with Gasteiger partial charge in [0.2, 0.25) is 5.91 Å². The van der Waals surface area contributed by atoms with Gasteiger partial charge in [-0.15, -0.1) is 0 Å². The van der Waals surface area contributed by atoms with Gasteiger partial charge in [0.1, 0.15) is 28.9 Å². The predicted molar refractivity (Wildman–Crippen MR) is 113 cm³/mol. The molecular formula is C24H20FN3O3. The molecule has 156 valence electrons. The van der Waals surface area contributed by atoms with Crippen molar-refractivity contribution in [3.05, 3.63) is 95.3 Å². The van der Waals surface area contributed by atoms with Gasteiger partial charge in [-0.05, 0) is 42.0 Å². The normalized spacial score (nSPS) is 10.2. The molecule has 2 N–H and O–H groups in total. The topological polar surface area (TPSA) is 96.4 Å². The van der Waals surface area contributed by atoms with E-state index in [0.717, 1.165) is 5.56 Å². The molecule has 7 heteroatoms. The molecule has 0 aromatic heterocycles. The number of hydrogen-bond acceptors (Lipinski definition) is 4. The minimum atomic E-state index is -0.669. The average Bonchev–Trinajstić information content (AvgIpc) is 2.77. The van der Waals surface area contributed by atoms with E-state index in [1.807, 2.05) is 30.3 Å². The van der Waals surface area contributed by atoms with Gasteiger partial charge in [0.15, 0.2) is 0 Å². The third-order valence-corrected chi connectivity index (χ3v) is 4.55. The van der Waals surface area contributed by atoms with E-state index in [0.29, 0.717) is 17.9 Å². The molecule has 2 amide bonds. The van der Waals surface area contributed by atoms with E-state index in [1.165, 1.54) is 18.2 Å². The maximum atomic E-state index is 13.7. The molecule has 3 aromatic carbocycles. The Morgan fingerprint density at radius 2 is 1.71 bits per heavy atom. The Bertz CT molecular complexity index is 1110. The molecule has 0 saturated carbocycles. The fourth-order valence-electron chi connectivity index (χ4n) is 2.97. The molecule has 0 radical (unpaired) electrons. The van der Waals surface area contributed by atoms with Crippen LogP contribution >= 0.6 is 0 Å². The summed E-state index contributed by atoms with van der Waals surface area (Å²) in [6, 6.07) is 21.6. The second-order valence-corrected chi connectivity index (χ2v) is 6.78. The van der Waals surface area contributed by atoms with E-state index in [2.05, 4.69) is 0 Å². The number of ether oxygens (including phenoxy) is 1. The molecule has 6 nitrogen and oxygen atoms in total. The van der Waals surface area contributed by atoms with Crippen LogP contribution in [-0.2, 0) is 11.3 Å². The third kappa shape index (κ3) is 5.67. The smallest absolute Gasteiger partial charge is 0.254 e. The fourth-order valence-corrected chi connectivity index (χ4v) is 2.97. The largest absolute Gasteiger partial charge is 0.456 e. The highest BCUT2D eigenvalue weighted by atomic mass is 19.1. The average molecular weight is 417 g/mol. The first-order valence-electron chi connectivity index (χ1n) is 9.56. The predicted octanol–water partition coefficient (Wildman–Crippen LogP) is 4.01. The van der Waals surface area contributed by atoms with Crippen LogP contribution in [-0.4, -0.2) is 23.3 Å². The zero-order chi connectivity index (χ0) is 22.2. The quantitative estimate of drug-likeness (QED) is 0.599. The van der Waals surface area contributed by atoms with Crippen LogP contribution in [0.15, 0.2) is 72.8 Å². The zero-order valence-electron chi connectivity index (χ0n) is 16.6. The van der Waals surface area contributed by atoms with Gasteiger partial charge in [-0.1, -0.05) is 36.4 Å². The van der Waals surface area contributed by atoms with Crippen molar-refractivity contribution in [1.82, 2.24) is 4.90 Å². The van der Waals surface area contributed by atoms with Crippen molar-refractivity contribution in [2.45, 2.75) is 13.0 Å². The van der Waals surface area contributed by atoms with Crippen molar-refractivity contribution in [2.24, 2.45) is 5.73 Å². The van der Waals surface area contributed by atoms with Gasteiger partial charge >= 0.3 is 0 Å². The fraction of sp³-hybridized carbons (Fsp3) is 0.125. The highest BCUT2D eigenvalue weighted by molar-refractivity contribution is 5.94. The number of nitrogens with zero attached hydrogens (tertiary/aromatic N) is 2. The molecule has 0 bridgehead atoms. The standard InChI is InChI=1S/C24H20FN3O3/c25-21-7-4-8-22(20(21)15-26)31-19-11-9-18(10-12-19)24(30)28(14-13-23(27)29)16-17-5-2-1-3-6-17/h1-12H,13-14,16H2,(H2,27,29). The Morgan fingerprint density at radius 3 is 2.35 bits per heavy atom. The Morgan fingerprint density at radius 1 is 1.00 bits per heavy atom. The molecule has 0 unspecified atom stereocenters. The summed E-state index contributed by atoms with van der Waals surface area (Å²) in [5.74, 6) is -0.977. The van der Waals surface area contributed by atoms with E-state index >= 15 is 0 Å². The van der Waals surface area contributed by atoms with Crippen LogP contribution in [0.5, 0.6) is 11.5 Å². The first-order chi connectivity index (χ1) is 15.0. The first-order valence-corrected chi connectivity index (χ1v) is 9.56. The number of carbonyl (C=O) groups is 2. The highest BCUT2D eigenvalue weighted by Gasteiger charge is 2.17. The van der Waals surface area contributed by atoms with Gasteiger partial charge in [0.25, 0.3) is 5.91 Å².